The van der Waals surface area contributed by atoms with E-state index in [0.29, 0.717) is 21.7 Å². The zero-order valence-corrected chi connectivity index (χ0v) is 18.6. The number of aromatic nitrogens is 3. The summed E-state index contributed by atoms with van der Waals surface area (Å²) in [6.07, 6.45) is 3.08. The minimum atomic E-state index is -3.90. The van der Waals surface area contributed by atoms with Crippen LogP contribution in [-0.4, -0.2) is 48.8 Å². The average molecular weight is 469 g/mol. The second-order valence-corrected chi connectivity index (χ2v) is 9.69. The topological polar surface area (TPSA) is 92.1 Å². The van der Waals surface area contributed by atoms with Crippen LogP contribution in [0, 0.1) is 0 Å². The molecule has 164 valence electrons. The van der Waals surface area contributed by atoms with Crippen molar-refractivity contribution >= 4 is 49.7 Å². The van der Waals surface area contributed by atoms with Crippen LogP contribution in [0.25, 0.3) is 10.9 Å². The van der Waals surface area contributed by atoms with Gasteiger partial charge in [-0.3, -0.25) is 0 Å². The molecule has 2 N–H and O–H groups in total. The highest BCUT2D eigenvalue weighted by molar-refractivity contribution is 7.90. The Labute approximate surface area is 190 Å². The molecule has 0 radical (unpaired) electrons. The van der Waals surface area contributed by atoms with Gasteiger partial charge in [0, 0.05) is 60.2 Å². The van der Waals surface area contributed by atoms with E-state index in [9.17, 15) is 8.42 Å². The summed E-state index contributed by atoms with van der Waals surface area (Å²) in [5.74, 6) is 0.524. The summed E-state index contributed by atoms with van der Waals surface area (Å²) in [5.41, 5.74) is 2.46. The molecule has 32 heavy (non-hydrogen) atoms. The molecule has 0 spiro atoms. The molecule has 0 aliphatic carbocycles. The fraction of sp³-hybridized carbons (Fsp3) is 0.182. The van der Waals surface area contributed by atoms with Crippen LogP contribution in [0.1, 0.15) is 0 Å². The largest absolute Gasteiger partial charge is 0.369 e. The van der Waals surface area contributed by atoms with Crippen molar-refractivity contribution in [3.05, 3.63) is 72.0 Å². The van der Waals surface area contributed by atoms with Crippen molar-refractivity contribution in [2.45, 2.75) is 4.90 Å². The number of pyridine rings is 1. The summed E-state index contributed by atoms with van der Waals surface area (Å²) in [7, 11) is -3.90. The van der Waals surface area contributed by atoms with Crippen molar-refractivity contribution in [1.29, 1.82) is 0 Å². The lowest BCUT2D eigenvalue weighted by atomic mass is 10.2. The maximum absolute atomic E-state index is 13.1. The first-order valence-corrected chi connectivity index (χ1v) is 12.0. The maximum Gasteiger partial charge on any atom is 0.283 e. The summed E-state index contributed by atoms with van der Waals surface area (Å²) in [6, 6.07) is 15.9. The smallest absolute Gasteiger partial charge is 0.283 e. The van der Waals surface area contributed by atoms with Crippen LogP contribution < -0.4 is 15.5 Å². The number of hydrogen-bond acceptors (Lipinski definition) is 7. The summed E-state index contributed by atoms with van der Waals surface area (Å²) in [4.78, 5) is 6.81. The van der Waals surface area contributed by atoms with Gasteiger partial charge < -0.3 is 15.5 Å². The minimum Gasteiger partial charge on any atom is -0.369 e. The molecule has 0 saturated carbocycles. The Kier molecular flexibility index (Phi) is 5.46. The molecule has 1 aliphatic heterocycles. The molecule has 5 rings (SSSR count). The van der Waals surface area contributed by atoms with Gasteiger partial charge in [0.2, 0.25) is 0 Å². The van der Waals surface area contributed by atoms with Crippen molar-refractivity contribution in [3.8, 4) is 0 Å². The molecule has 8 nitrogen and oxygen atoms in total. The predicted molar refractivity (Wildman–Crippen MR) is 126 cm³/mol. The summed E-state index contributed by atoms with van der Waals surface area (Å²) >= 11 is 5.99. The van der Waals surface area contributed by atoms with Crippen LogP contribution in [-0.2, 0) is 10.0 Å². The minimum absolute atomic E-state index is 0.0739. The Hall–Kier alpha value is -3.14. The second-order valence-electron chi connectivity index (χ2n) is 7.49. The Morgan fingerprint density at radius 2 is 1.78 bits per heavy atom. The van der Waals surface area contributed by atoms with Crippen LogP contribution in [0.3, 0.4) is 0 Å². The normalized spacial score (nSPS) is 14.6. The highest BCUT2D eigenvalue weighted by atomic mass is 35.5. The maximum atomic E-state index is 13.1. The number of benzene rings is 2. The second kappa shape index (κ2) is 8.42. The van der Waals surface area contributed by atoms with Crippen LogP contribution in [0.15, 0.2) is 71.9 Å². The molecule has 0 atom stereocenters. The number of fused-ring (bicyclic) bond motifs is 1. The highest BCUT2D eigenvalue weighted by Crippen LogP contribution is 2.25. The van der Waals surface area contributed by atoms with Crippen LogP contribution in [0.5, 0.6) is 0 Å². The van der Waals surface area contributed by atoms with Gasteiger partial charge in [-0.1, -0.05) is 17.7 Å². The van der Waals surface area contributed by atoms with Gasteiger partial charge in [-0.05, 0) is 42.5 Å². The van der Waals surface area contributed by atoms with Crippen molar-refractivity contribution < 1.29 is 8.42 Å². The predicted octanol–water partition coefficient (Wildman–Crippen LogP) is 3.47. The first-order valence-electron chi connectivity index (χ1n) is 10.2. The van der Waals surface area contributed by atoms with E-state index in [1.807, 2.05) is 12.1 Å². The third-order valence-electron chi connectivity index (χ3n) is 5.36. The Morgan fingerprint density at radius 1 is 1.00 bits per heavy atom. The van der Waals surface area contributed by atoms with Crippen LogP contribution >= 0.6 is 11.6 Å². The molecule has 10 heteroatoms. The van der Waals surface area contributed by atoms with E-state index in [1.54, 1.807) is 24.4 Å². The molecule has 0 unspecified atom stereocenters. The molecule has 4 aromatic rings. The lowest BCUT2D eigenvalue weighted by Crippen LogP contribution is -2.43. The van der Waals surface area contributed by atoms with Crippen molar-refractivity contribution in [1.82, 2.24) is 19.5 Å². The van der Waals surface area contributed by atoms with E-state index in [-0.39, 0.29) is 4.90 Å². The Bertz CT molecular complexity index is 1360. The number of halogens is 1. The van der Waals surface area contributed by atoms with Gasteiger partial charge in [0.05, 0.1) is 16.6 Å². The van der Waals surface area contributed by atoms with E-state index in [2.05, 4.69) is 37.7 Å². The van der Waals surface area contributed by atoms with Crippen molar-refractivity contribution in [3.63, 3.8) is 0 Å². The SMILES string of the molecule is O=S(=O)(c1cccc(Cl)c1)n1ncc2cnc(Nc3ccc(N4CCNCC4)cc3)cc21. The lowest BCUT2D eigenvalue weighted by Gasteiger charge is -2.29. The van der Waals surface area contributed by atoms with Gasteiger partial charge in [0.1, 0.15) is 5.82 Å². The van der Waals surface area contributed by atoms with E-state index in [4.69, 9.17) is 11.6 Å². The third-order valence-corrected chi connectivity index (χ3v) is 7.19. The molecule has 2 aromatic heterocycles. The fourth-order valence-electron chi connectivity index (χ4n) is 3.71. The van der Waals surface area contributed by atoms with Crippen molar-refractivity contribution in [2.75, 3.05) is 36.4 Å². The average Bonchev–Trinajstić information content (AvgIpc) is 3.24. The molecule has 0 bridgehead atoms. The highest BCUT2D eigenvalue weighted by Gasteiger charge is 2.21. The summed E-state index contributed by atoms with van der Waals surface area (Å²) < 4.78 is 27.2. The number of rotatable bonds is 5. The Morgan fingerprint density at radius 3 is 2.53 bits per heavy atom. The van der Waals surface area contributed by atoms with Gasteiger partial charge in [-0.25, -0.2) is 4.98 Å². The Balaban J connectivity index is 1.42. The zero-order valence-electron chi connectivity index (χ0n) is 17.1. The van der Waals surface area contributed by atoms with Gasteiger partial charge in [-0.15, -0.1) is 0 Å². The standard InChI is InChI=1S/C22H21ClN6O2S/c23-17-2-1-3-20(12-17)32(30,31)29-21-13-22(25-14-16(21)15-26-29)27-18-4-6-19(7-5-18)28-10-8-24-9-11-28/h1-7,12-15,24H,8-11H2,(H,25,27). The lowest BCUT2D eigenvalue weighted by molar-refractivity contribution is 0.582. The van der Waals surface area contributed by atoms with Gasteiger partial charge in [0.15, 0.2) is 0 Å². The monoisotopic (exact) mass is 468 g/mol. The van der Waals surface area contributed by atoms with Crippen LogP contribution in [0.4, 0.5) is 17.2 Å². The van der Waals surface area contributed by atoms with Gasteiger partial charge in [-0.2, -0.15) is 17.6 Å². The quantitative estimate of drug-likeness (QED) is 0.463. The first-order chi connectivity index (χ1) is 15.5. The van der Waals surface area contributed by atoms with Gasteiger partial charge in [0.25, 0.3) is 10.0 Å². The molecule has 2 aromatic carbocycles. The number of nitrogens with one attached hydrogen (secondary N) is 2. The number of anilines is 3. The molecule has 0 amide bonds. The third kappa shape index (κ3) is 4.02. The fourth-order valence-corrected chi connectivity index (χ4v) is 5.28. The summed E-state index contributed by atoms with van der Waals surface area (Å²) in [5, 5.41) is 11.7. The molecule has 1 fully saturated rings. The number of piperazine rings is 1. The van der Waals surface area contributed by atoms with Crippen LogP contribution in [0.2, 0.25) is 5.02 Å². The molecular formula is C22H21ClN6O2S. The first kappa shape index (κ1) is 20.7. The zero-order chi connectivity index (χ0) is 22.1. The van der Waals surface area contributed by atoms with E-state index < -0.39 is 10.0 Å². The molecular weight excluding hydrogens is 448 g/mol. The van der Waals surface area contributed by atoms with Gasteiger partial charge >= 0.3 is 0 Å². The number of nitrogens with zero attached hydrogens (tertiary/aromatic N) is 4. The van der Waals surface area contributed by atoms with E-state index in [1.165, 1.54) is 24.0 Å². The van der Waals surface area contributed by atoms with E-state index >= 15 is 0 Å². The van der Waals surface area contributed by atoms with Crippen molar-refractivity contribution in [2.24, 2.45) is 0 Å². The molecule has 3 heterocycles. The number of hydrogen-bond donors (Lipinski definition) is 2. The summed E-state index contributed by atoms with van der Waals surface area (Å²) in [6.45, 7) is 3.93. The van der Waals surface area contributed by atoms with E-state index in [0.717, 1.165) is 36.0 Å². The molecule has 1 saturated heterocycles. The molecule has 1 aliphatic rings.